The molecule has 1 fully saturated rings. The van der Waals surface area contributed by atoms with Crippen molar-refractivity contribution in [2.75, 3.05) is 25.0 Å². The number of nitrogens with zero attached hydrogens (tertiary/aromatic N) is 1. The molecule has 1 saturated heterocycles. The predicted molar refractivity (Wildman–Crippen MR) is 107 cm³/mol. The largest absolute Gasteiger partial charge is 0.387 e. The summed E-state index contributed by atoms with van der Waals surface area (Å²) in [6, 6.07) is 9.48. The summed E-state index contributed by atoms with van der Waals surface area (Å²) in [5.41, 5.74) is 1.98. The third-order valence-electron chi connectivity index (χ3n) is 5.56. The van der Waals surface area contributed by atoms with Gasteiger partial charge < -0.3 is 20.4 Å². The van der Waals surface area contributed by atoms with E-state index >= 15 is 0 Å². The number of anilines is 1. The number of hydrogen-bond acceptors (Lipinski definition) is 5. The normalized spacial score (nSPS) is 20.8. The minimum Gasteiger partial charge on any atom is -0.387 e. The van der Waals surface area contributed by atoms with Crippen LogP contribution in [0.4, 0.5) is 5.69 Å². The van der Waals surface area contributed by atoms with Crippen LogP contribution in [0.3, 0.4) is 0 Å². The van der Waals surface area contributed by atoms with Crippen LogP contribution in [0.1, 0.15) is 41.4 Å². The van der Waals surface area contributed by atoms with Gasteiger partial charge in [0.05, 0.1) is 10.4 Å². The van der Waals surface area contributed by atoms with Crippen LogP contribution in [0.25, 0.3) is 0 Å². The van der Waals surface area contributed by atoms with Crippen LogP contribution in [0.5, 0.6) is 0 Å². The molecule has 0 spiro atoms. The Bertz CT molecular complexity index is 846. The lowest BCUT2D eigenvalue weighted by Crippen LogP contribution is -2.43. The number of amides is 1. The number of carbonyl (C=O) groups excluding carboxylic acids is 1. The topological polar surface area (TPSA) is 72.8 Å². The second-order valence-electron chi connectivity index (χ2n) is 7.42. The second kappa shape index (κ2) is 7.53. The van der Waals surface area contributed by atoms with Gasteiger partial charge >= 0.3 is 0 Å². The third-order valence-corrected chi connectivity index (χ3v) is 6.98. The van der Waals surface area contributed by atoms with Crippen LogP contribution in [0, 0.1) is 0 Å². The van der Waals surface area contributed by atoms with E-state index in [0.717, 1.165) is 34.8 Å². The number of carbonyl (C=O) groups is 1. The smallest absolute Gasteiger partial charge is 0.224 e. The van der Waals surface area contributed by atoms with Crippen molar-refractivity contribution in [3.8, 4) is 0 Å². The highest BCUT2D eigenvalue weighted by atomic mass is 35.5. The maximum Gasteiger partial charge on any atom is 0.224 e. The fourth-order valence-electron chi connectivity index (χ4n) is 3.88. The quantitative estimate of drug-likeness (QED) is 0.728. The SMILES string of the molecule is O=C1CCc2cc(C(O)CN3CCC(O)(c4ccc(Cl)s4)CC3)ccc2N1. The zero-order valence-electron chi connectivity index (χ0n) is 14.9. The lowest BCUT2D eigenvalue weighted by molar-refractivity contribution is -0.116. The zero-order valence-corrected chi connectivity index (χ0v) is 16.5. The fraction of sp³-hybridized carbons (Fsp3) is 0.450. The molecule has 1 aromatic carbocycles. The molecule has 4 rings (SSSR count). The van der Waals surface area contributed by atoms with Crippen LogP contribution in [0.2, 0.25) is 4.34 Å². The molecular weight excluding hydrogens is 384 g/mol. The lowest BCUT2D eigenvalue weighted by Gasteiger charge is -2.38. The summed E-state index contributed by atoms with van der Waals surface area (Å²) in [4.78, 5) is 14.6. The van der Waals surface area contributed by atoms with Crippen molar-refractivity contribution in [2.45, 2.75) is 37.4 Å². The van der Waals surface area contributed by atoms with Crippen molar-refractivity contribution in [1.29, 1.82) is 0 Å². The van der Waals surface area contributed by atoms with E-state index in [0.29, 0.717) is 36.6 Å². The predicted octanol–water partition coefficient (Wildman–Crippen LogP) is 3.30. The van der Waals surface area contributed by atoms with Gasteiger partial charge in [0.2, 0.25) is 5.91 Å². The Morgan fingerprint density at radius 1 is 1.22 bits per heavy atom. The van der Waals surface area contributed by atoms with Crippen molar-refractivity contribution in [3.63, 3.8) is 0 Å². The van der Waals surface area contributed by atoms with Gasteiger partial charge in [-0.3, -0.25) is 4.79 Å². The Morgan fingerprint density at radius 2 is 2.00 bits per heavy atom. The van der Waals surface area contributed by atoms with Crippen molar-refractivity contribution in [2.24, 2.45) is 0 Å². The summed E-state index contributed by atoms with van der Waals surface area (Å²) in [6.45, 7) is 1.99. The molecule has 5 nitrogen and oxygen atoms in total. The van der Waals surface area contributed by atoms with Gasteiger partial charge in [0.25, 0.3) is 0 Å². The average molecular weight is 407 g/mol. The van der Waals surface area contributed by atoms with Crippen LogP contribution < -0.4 is 5.32 Å². The summed E-state index contributed by atoms with van der Waals surface area (Å²) in [5, 5.41) is 24.4. The molecule has 1 amide bonds. The van der Waals surface area contributed by atoms with E-state index in [-0.39, 0.29) is 5.91 Å². The maximum absolute atomic E-state index is 11.5. The highest BCUT2D eigenvalue weighted by Crippen LogP contribution is 2.38. The number of likely N-dealkylation sites (tertiary alicyclic amines) is 1. The summed E-state index contributed by atoms with van der Waals surface area (Å²) in [5.74, 6) is 0.0450. The van der Waals surface area contributed by atoms with E-state index in [2.05, 4.69) is 10.2 Å². The summed E-state index contributed by atoms with van der Waals surface area (Å²) >= 11 is 7.44. The molecule has 1 atom stereocenters. The van der Waals surface area contributed by atoms with Gasteiger partial charge in [-0.25, -0.2) is 0 Å². The van der Waals surface area contributed by atoms with Crippen molar-refractivity contribution in [3.05, 3.63) is 50.7 Å². The first-order valence-corrected chi connectivity index (χ1v) is 10.4. The number of β-amino-alcohol motifs (C(OH)–C–C–N with tert-alkyl or cyclic N) is 1. The van der Waals surface area contributed by atoms with E-state index < -0.39 is 11.7 Å². The number of aliphatic hydroxyl groups excluding tert-OH is 1. The molecule has 2 aliphatic rings. The Labute approximate surface area is 167 Å². The minimum absolute atomic E-state index is 0.0450. The lowest BCUT2D eigenvalue weighted by atomic mass is 9.89. The van der Waals surface area contributed by atoms with E-state index in [1.165, 1.54) is 11.3 Å². The molecule has 0 bridgehead atoms. The minimum atomic E-state index is -0.816. The van der Waals surface area contributed by atoms with E-state index in [1.54, 1.807) is 0 Å². The van der Waals surface area contributed by atoms with E-state index in [9.17, 15) is 15.0 Å². The first-order chi connectivity index (χ1) is 12.9. The fourth-order valence-corrected chi connectivity index (χ4v) is 5.07. The van der Waals surface area contributed by atoms with Crippen LogP contribution >= 0.6 is 22.9 Å². The van der Waals surface area contributed by atoms with Gasteiger partial charge in [0.15, 0.2) is 0 Å². The number of benzene rings is 1. The number of aryl methyl sites for hydroxylation is 1. The molecule has 27 heavy (non-hydrogen) atoms. The number of hydrogen-bond donors (Lipinski definition) is 3. The Balaban J connectivity index is 1.37. The van der Waals surface area contributed by atoms with Crippen LogP contribution in [-0.4, -0.2) is 40.7 Å². The standard InChI is InChI=1S/C20H23ClN2O3S/c21-18-5-4-17(27-18)20(26)7-9-23(10-8-20)12-16(24)14-1-3-15-13(11-14)2-6-19(25)22-15/h1,3-5,11,16,24,26H,2,6-10,12H2,(H,22,25). The number of nitrogens with one attached hydrogen (secondary N) is 1. The number of aliphatic hydroxyl groups is 2. The average Bonchev–Trinajstić information content (AvgIpc) is 3.10. The second-order valence-corrected chi connectivity index (χ2v) is 9.13. The Kier molecular flexibility index (Phi) is 5.27. The summed E-state index contributed by atoms with van der Waals surface area (Å²) in [7, 11) is 0. The van der Waals surface area contributed by atoms with Gasteiger partial charge in [-0.15, -0.1) is 11.3 Å². The molecule has 144 valence electrons. The monoisotopic (exact) mass is 406 g/mol. The van der Waals surface area contributed by atoms with Crippen LogP contribution in [0.15, 0.2) is 30.3 Å². The molecule has 2 aromatic rings. The van der Waals surface area contributed by atoms with Crippen LogP contribution in [-0.2, 0) is 16.8 Å². The van der Waals surface area contributed by atoms with E-state index in [1.807, 2.05) is 30.3 Å². The number of piperidine rings is 1. The van der Waals surface area contributed by atoms with Gasteiger partial charge in [-0.2, -0.15) is 0 Å². The van der Waals surface area contributed by atoms with Crippen molar-refractivity contribution in [1.82, 2.24) is 4.90 Å². The Morgan fingerprint density at radius 3 is 2.70 bits per heavy atom. The van der Waals surface area contributed by atoms with Gasteiger partial charge in [0.1, 0.15) is 5.60 Å². The molecule has 7 heteroatoms. The third kappa shape index (κ3) is 4.05. The van der Waals surface area contributed by atoms with Gasteiger partial charge in [0, 0.05) is 36.6 Å². The highest BCUT2D eigenvalue weighted by Gasteiger charge is 2.35. The first kappa shape index (κ1) is 18.9. The first-order valence-electron chi connectivity index (χ1n) is 9.24. The maximum atomic E-state index is 11.5. The molecule has 0 aliphatic carbocycles. The van der Waals surface area contributed by atoms with Crippen molar-refractivity contribution < 1.29 is 15.0 Å². The highest BCUT2D eigenvalue weighted by molar-refractivity contribution is 7.16. The number of fused-ring (bicyclic) bond motifs is 1. The molecule has 3 N–H and O–H groups in total. The summed E-state index contributed by atoms with van der Waals surface area (Å²) < 4.78 is 0.694. The number of rotatable bonds is 4. The molecule has 1 unspecified atom stereocenters. The summed E-state index contributed by atoms with van der Waals surface area (Å²) in [6.07, 6.45) is 1.88. The number of thiophene rings is 1. The van der Waals surface area contributed by atoms with Gasteiger partial charge in [-0.1, -0.05) is 23.7 Å². The zero-order chi connectivity index (χ0) is 19.0. The molecule has 1 aromatic heterocycles. The molecular formula is C20H23ClN2O3S. The molecule has 3 heterocycles. The molecule has 2 aliphatic heterocycles. The van der Waals surface area contributed by atoms with Gasteiger partial charge in [-0.05, 0) is 48.6 Å². The number of halogens is 1. The van der Waals surface area contributed by atoms with E-state index in [4.69, 9.17) is 11.6 Å². The molecule has 0 saturated carbocycles. The molecule has 0 radical (unpaired) electrons. The van der Waals surface area contributed by atoms with Crippen molar-refractivity contribution >= 4 is 34.5 Å². The Hall–Kier alpha value is -1.44.